The number of carbonyl (C=O) groups is 2. The van der Waals surface area contributed by atoms with Crippen molar-refractivity contribution in [3.63, 3.8) is 0 Å². The molecule has 1 aliphatic rings. The predicted octanol–water partition coefficient (Wildman–Crippen LogP) is 3.07. The maximum atomic E-state index is 13.3. The number of nitrogens with zero attached hydrogens (tertiary/aromatic N) is 3. The molecule has 0 aliphatic carbocycles. The molecule has 1 saturated heterocycles. The summed E-state index contributed by atoms with van der Waals surface area (Å²) in [6.45, 7) is 2.58. The first-order valence-corrected chi connectivity index (χ1v) is 11.0. The van der Waals surface area contributed by atoms with Gasteiger partial charge >= 0.3 is 0 Å². The Morgan fingerprint density at radius 3 is 2.39 bits per heavy atom. The third kappa shape index (κ3) is 5.49. The van der Waals surface area contributed by atoms with Gasteiger partial charge in [-0.15, -0.1) is 0 Å². The van der Waals surface area contributed by atoms with Crippen molar-refractivity contribution >= 4 is 11.7 Å². The van der Waals surface area contributed by atoms with Crippen LogP contribution in [0.1, 0.15) is 49.7 Å². The number of rotatable bonds is 4. The molecule has 3 rings (SSSR count). The lowest BCUT2D eigenvalue weighted by Gasteiger charge is -2.29. The Morgan fingerprint density at radius 1 is 1.18 bits per heavy atom. The summed E-state index contributed by atoms with van der Waals surface area (Å²) in [5.74, 6) is -0.0921. The maximum absolute atomic E-state index is 13.3. The Balaban J connectivity index is 2.01. The minimum atomic E-state index is -0.939. The highest BCUT2D eigenvalue weighted by Gasteiger charge is 2.34. The van der Waals surface area contributed by atoms with Gasteiger partial charge in [0.2, 0.25) is 5.91 Å². The summed E-state index contributed by atoms with van der Waals surface area (Å²) in [6.07, 6.45) is 2.26. The molecule has 8 nitrogen and oxygen atoms in total. The second-order valence-electron chi connectivity index (χ2n) is 8.10. The minimum absolute atomic E-state index is 0.0237. The Morgan fingerprint density at radius 2 is 1.85 bits per heavy atom. The van der Waals surface area contributed by atoms with Gasteiger partial charge in [-0.25, -0.2) is 0 Å². The quantitative estimate of drug-likeness (QED) is 0.760. The molecular weight excluding hydrogens is 422 g/mol. The molecule has 1 amide bonds. The molecule has 8 heteroatoms. The first-order chi connectivity index (χ1) is 15.9. The minimum Gasteiger partial charge on any atom is -0.496 e. The molecule has 1 fully saturated rings. The van der Waals surface area contributed by atoms with Crippen LogP contribution in [0.4, 0.5) is 0 Å². The molecule has 2 unspecified atom stereocenters. The number of nitriles is 1. The van der Waals surface area contributed by atoms with Crippen LogP contribution in [0.15, 0.2) is 30.5 Å². The number of aliphatic hydroxyl groups excluding tert-OH is 1. The van der Waals surface area contributed by atoms with E-state index in [2.05, 4.69) is 4.98 Å². The molecule has 1 aromatic heterocycles. The Hall–Kier alpha value is -3.44. The topological polar surface area (TPSA) is 113 Å². The van der Waals surface area contributed by atoms with Crippen LogP contribution in [-0.4, -0.2) is 60.1 Å². The van der Waals surface area contributed by atoms with Crippen molar-refractivity contribution in [3.05, 3.63) is 41.6 Å². The summed E-state index contributed by atoms with van der Waals surface area (Å²) in [5, 5.41) is 20.1. The molecular formula is C25H29N3O5. The third-order valence-corrected chi connectivity index (χ3v) is 6.00. The maximum Gasteiger partial charge on any atom is 0.219 e. The standard InChI is InChI=1S/C25H29N3O5/c1-16(29)28-10-4-6-20(30)24(21(31)7-5-11-28)25-22(32-2)12-18(13-23(25)33-3)19-9-8-17(14-26)15-27-19/h8-9,12-13,15,20,24,30H,4-7,10-11H2,1-3H3. The Labute approximate surface area is 193 Å². The number of aromatic nitrogens is 1. The summed E-state index contributed by atoms with van der Waals surface area (Å²) in [6, 6.07) is 8.98. The zero-order chi connectivity index (χ0) is 24.0. The fourth-order valence-corrected chi connectivity index (χ4v) is 4.28. The lowest BCUT2D eigenvalue weighted by Crippen LogP contribution is -2.35. The van der Waals surface area contributed by atoms with Crippen LogP contribution in [0.5, 0.6) is 11.5 Å². The number of benzene rings is 1. The monoisotopic (exact) mass is 451 g/mol. The van der Waals surface area contributed by atoms with Gasteiger partial charge in [-0.05, 0) is 43.5 Å². The number of hydrogen-bond acceptors (Lipinski definition) is 7. The van der Waals surface area contributed by atoms with E-state index in [0.29, 0.717) is 66.2 Å². The average Bonchev–Trinajstić information content (AvgIpc) is 2.82. The first-order valence-electron chi connectivity index (χ1n) is 11.0. The number of pyridine rings is 1. The molecule has 1 aromatic carbocycles. The predicted molar refractivity (Wildman–Crippen MR) is 122 cm³/mol. The van der Waals surface area contributed by atoms with E-state index in [0.717, 1.165) is 0 Å². The summed E-state index contributed by atoms with van der Waals surface area (Å²) < 4.78 is 11.3. The normalized spacial score (nSPS) is 19.5. The Kier molecular flexibility index (Phi) is 8.01. The van der Waals surface area contributed by atoms with Crippen LogP contribution in [0.25, 0.3) is 11.3 Å². The molecule has 0 saturated carbocycles. The van der Waals surface area contributed by atoms with Crippen molar-refractivity contribution in [1.82, 2.24) is 9.88 Å². The lowest BCUT2D eigenvalue weighted by atomic mass is 9.83. The van der Waals surface area contributed by atoms with Crippen molar-refractivity contribution in [3.8, 4) is 28.8 Å². The van der Waals surface area contributed by atoms with Gasteiger partial charge in [0.05, 0.1) is 37.5 Å². The van der Waals surface area contributed by atoms with Crippen molar-refractivity contribution in [2.75, 3.05) is 27.3 Å². The molecule has 0 spiro atoms. The number of ether oxygens (including phenoxy) is 2. The zero-order valence-corrected chi connectivity index (χ0v) is 19.2. The van der Waals surface area contributed by atoms with Crippen LogP contribution in [0.2, 0.25) is 0 Å². The highest BCUT2D eigenvalue weighted by Crippen LogP contribution is 2.42. The van der Waals surface area contributed by atoms with E-state index in [1.54, 1.807) is 29.2 Å². The second-order valence-corrected chi connectivity index (χ2v) is 8.10. The van der Waals surface area contributed by atoms with Crippen molar-refractivity contribution in [1.29, 1.82) is 5.26 Å². The molecule has 2 atom stereocenters. The van der Waals surface area contributed by atoms with Gasteiger partial charge < -0.3 is 19.5 Å². The van der Waals surface area contributed by atoms with Gasteiger partial charge in [0, 0.05) is 43.8 Å². The van der Waals surface area contributed by atoms with Gasteiger partial charge in [0.15, 0.2) is 0 Å². The number of Topliss-reactive ketones (excluding diaryl/α,β-unsaturated/α-hetero) is 1. The second kappa shape index (κ2) is 10.9. The number of aliphatic hydroxyl groups is 1. The van der Waals surface area contributed by atoms with Gasteiger partial charge in [-0.1, -0.05) is 0 Å². The largest absolute Gasteiger partial charge is 0.496 e. The van der Waals surface area contributed by atoms with Crippen molar-refractivity contribution in [2.45, 2.75) is 44.6 Å². The molecule has 33 heavy (non-hydrogen) atoms. The highest BCUT2D eigenvalue weighted by molar-refractivity contribution is 5.88. The summed E-state index contributed by atoms with van der Waals surface area (Å²) in [7, 11) is 3.02. The summed E-state index contributed by atoms with van der Waals surface area (Å²) >= 11 is 0. The van der Waals surface area contributed by atoms with E-state index in [9.17, 15) is 14.7 Å². The van der Waals surface area contributed by atoms with E-state index in [4.69, 9.17) is 14.7 Å². The molecule has 174 valence electrons. The number of amides is 1. The van der Waals surface area contributed by atoms with Crippen LogP contribution >= 0.6 is 0 Å². The number of ketones is 1. The first kappa shape index (κ1) is 24.2. The zero-order valence-electron chi connectivity index (χ0n) is 19.2. The number of methoxy groups -OCH3 is 2. The van der Waals surface area contributed by atoms with Crippen LogP contribution in [0.3, 0.4) is 0 Å². The SMILES string of the molecule is COc1cc(-c2ccc(C#N)cn2)cc(OC)c1C1C(=O)CCCN(C(C)=O)CCCC1O. The molecule has 0 radical (unpaired) electrons. The molecule has 2 heterocycles. The van der Waals surface area contributed by atoms with Gasteiger partial charge in [0.1, 0.15) is 23.4 Å². The summed E-state index contributed by atoms with van der Waals surface area (Å²) in [5.41, 5.74) is 2.29. The number of carbonyl (C=O) groups excluding carboxylic acids is 2. The van der Waals surface area contributed by atoms with Crippen molar-refractivity contribution in [2.24, 2.45) is 0 Å². The van der Waals surface area contributed by atoms with Crippen LogP contribution < -0.4 is 9.47 Å². The van der Waals surface area contributed by atoms with E-state index >= 15 is 0 Å². The molecule has 2 aromatic rings. The lowest BCUT2D eigenvalue weighted by molar-refractivity contribution is -0.130. The fraction of sp³-hybridized carbons (Fsp3) is 0.440. The Bertz CT molecular complexity index is 1020. The highest BCUT2D eigenvalue weighted by atomic mass is 16.5. The molecule has 0 bridgehead atoms. The van der Waals surface area contributed by atoms with Gasteiger partial charge in [0.25, 0.3) is 0 Å². The van der Waals surface area contributed by atoms with Crippen LogP contribution in [0, 0.1) is 11.3 Å². The van der Waals surface area contributed by atoms with Gasteiger partial charge in [-0.3, -0.25) is 14.6 Å². The third-order valence-electron chi connectivity index (χ3n) is 6.00. The van der Waals surface area contributed by atoms with Crippen LogP contribution in [-0.2, 0) is 9.59 Å². The fourth-order valence-electron chi connectivity index (χ4n) is 4.28. The van der Waals surface area contributed by atoms with Crippen molar-refractivity contribution < 1.29 is 24.2 Å². The van der Waals surface area contributed by atoms with E-state index in [1.807, 2.05) is 6.07 Å². The van der Waals surface area contributed by atoms with Gasteiger partial charge in [-0.2, -0.15) is 5.26 Å². The molecule has 1 aliphatic heterocycles. The smallest absolute Gasteiger partial charge is 0.219 e. The van der Waals surface area contributed by atoms with E-state index in [-0.39, 0.29) is 18.1 Å². The summed E-state index contributed by atoms with van der Waals surface area (Å²) in [4.78, 5) is 31.1. The van der Waals surface area contributed by atoms with E-state index < -0.39 is 12.0 Å². The van der Waals surface area contributed by atoms with E-state index in [1.165, 1.54) is 27.3 Å². The average molecular weight is 452 g/mol. The number of hydrogen-bond donors (Lipinski definition) is 1. The molecule has 1 N–H and O–H groups in total.